The summed E-state index contributed by atoms with van der Waals surface area (Å²) in [7, 11) is 0. The molecule has 1 N–H and O–H groups in total. The lowest BCUT2D eigenvalue weighted by atomic mass is 9.65. The summed E-state index contributed by atoms with van der Waals surface area (Å²) in [6, 6.07) is 1.62. The molecule has 0 aromatic carbocycles. The number of fused-ring (bicyclic) bond motifs is 3. The Morgan fingerprint density at radius 1 is 1.39 bits per heavy atom. The lowest BCUT2D eigenvalue weighted by molar-refractivity contribution is -0.0181. The zero-order valence-corrected chi connectivity index (χ0v) is 11.3. The normalized spacial score (nSPS) is 33.2. The smallest absolute Gasteiger partial charge is 0.198 e. The van der Waals surface area contributed by atoms with Crippen molar-refractivity contribution in [1.82, 2.24) is 4.98 Å². The van der Waals surface area contributed by atoms with Gasteiger partial charge in [0.1, 0.15) is 5.60 Å². The zero-order chi connectivity index (χ0) is 12.9. The predicted octanol–water partition coefficient (Wildman–Crippen LogP) is 3.07. The van der Waals surface area contributed by atoms with Crippen molar-refractivity contribution in [3.63, 3.8) is 0 Å². The molecule has 0 saturated heterocycles. The van der Waals surface area contributed by atoms with Crippen LogP contribution in [0.1, 0.15) is 51.5 Å². The van der Waals surface area contributed by atoms with Crippen LogP contribution in [0.4, 0.5) is 0 Å². The van der Waals surface area contributed by atoms with Crippen molar-refractivity contribution in [2.75, 3.05) is 0 Å². The molecule has 3 rings (SSSR count). The van der Waals surface area contributed by atoms with Gasteiger partial charge in [-0.3, -0.25) is 4.79 Å². The molecule has 3 nitrogen and oxygen atoms in total. The molecule has 1 aliphatic carbocycles. The minimum absolute atomic E-state index is 0.128. The number of aromatic amines is 1. The van der Waals surface area contributed by atoms with E-state index >= 15 is 0 Å². The van der Waals surface area contributed by atoms with E-state index in [2.05, 4.69) is 25.8 Å². The van der Waals surface area contributed by atoms with Crippen molar-refractivity contribution >= 4 is 0 Å². The molecule has 3 heteroatoms. The highest BCUT2D eigenvalue weighted by Crippen LogP contribution is 2.50. The Balaban J connectivity index is 2.13. The third kappa shape index (κ3) is 1.68. The number of rotatable bonds is 0. The lowest BCUT2D eigenvalue weighted by Gasteiger charge is -2.47. The van der Waals surface area contributed by atoms with Crippen molar-refractivity contribution in [2.24, 2.45) is 11.8 Å². The van der Waals surface area contributed by atoms with Crippen LogP contribution in [0.15, 0.2) is 17.1 Å². The van der Waals surface area contributed by atoms with Crippen molar-refractivity contribution in [3.8, 4) is 5.88 Å². The molecule has 0 radical (unpaired) electrons. The van der Waals surface area contributed by atoms with E-state index in [1.165, 1.54) is 6.42 Å². The van der Waals surface area contributed by atoms with Crippen molar-refractivity contribution in [3.05, 3.63) is 28.0 Å². The maximum Gasteiger partial charge on any atom is 0.198 e. The largest absolute Gasteiger partial charge is 0.472 e. The van der Waals surface area contributed by atoms with Gasteiger partial charge in [-0.2, -0.15) is 0 Å². The predicted molar refractivity (Wildman–Crippen MR) is 71.0 cm³/mol. The monoisotopic (exact) mass is 247 g/mol. The number of ether oxygens (including phenoxy) is 1. The van der Waals surface area contributed by atoms with Gasteiger partial charge in [0.15, 0.2) is 11.3 Å². The molecule has 98 valence electrons. The summed E-state index contributed by atoms with van der Waals surface area (Å²) < 4.78 is 6.05. The SMILES string of the molecule is C[C@H]1CC[C@@H]2[C@@H](C1)c1c([nH]ccc1=O)OC2(C)C. The highest BCUT2D eigenvalue weighted by atomic mass is 16.5. The summed E-state index contributed by atoms with van der Waals surface area (Å²) in [5.74, 6) is 2.22. The van der Waals surface area contributed by atoms with Crippen LogP contribution in [0.5, 0.6) is 5.88 Å². The maximum absolute atomic E-state index is 12.1. The van der Waals surface area contributed by atoms with E-state index in [4.69, 9.17) is 4.74 Å². The van der Waals surface area contributed by atoms with Crippen LogP contribution in [0, 0.1) is 11.8 Å². The third-order valence-electron chi connectivity index (χ3n) is 4.70. The van der Waals surface area contributed by atoms with E-state index in [0.29, 0.717) is 23.6 Å². The Morgan fingerprint density at radius 3 is 2.94 bits per heavy atom. The van der Waals surface area contributed by atoms with E-state index < -0.39 is 0 Å². The number of H-pyrrole nitrogens is 1. The molecule has 0 bridgehead atoms. The maximum atomic E-state index is 12.1. The van der Waals surface area contributed by atoms with Gasteiger partial charge in [-0.15, -0.1) is 0 Å². The standard InChI is InChI=1S/C15H21NO2/c1-9-4-5-11-10(8-9)13-12(17)6-7-16-14(13)18-15(11,2)3/h6-7,9-11H,4-5,8H2,1-3H3,(H,16,17)/t9-,10+,11+/m0/s1. The molecule has 2 aliphatic rings. The summed E-state index contributed by atoms with van der Waals surface area (Å²) >= 11 is 0. The van der Waals surface area contributed by atoms with Crippen LogP contribution in [-0.4, -0.2) is 10.6 Å². The van der Waals surface area contributed by atoms with Gasteiger partial charge in [-0.25, -0.2) is 0 Å². The van der Waals surface area contributed by atoms with Gasteiger partial charge in [-0.05, 0) is 38.5 Å². The van der Waals surface area contributed by atoms with Gasteiger partial charge in [-0.1, -0.05) is 13.3 Å². The minimum atomic E-state index is -0.178. The van der Waals surface area contributed by atoms with Crippen LogP contribution in [0.3, 0.4) is 0 Å². The zero-order valence-electron chi connectivity index (χ0n) is 11.3. The van der Waals surface area contributed by atoms with E-state index in [0.717, 1.165) is 18.4 Å². The Kier molecular flexibility index (Phi) is 2.54. The van der Waals surface area contributed by atoms with E-state index in [1.54, 1.807) is 12.3 Å². The van der Waals surface area contributed by atoms with E-state index in [9.17, 15) is 4.79 Å². The summed E-state index contributed by atoms with van der Waals surface area (Å²) in [5, 5.41) is 0. The van der Waals surface area contributed by atoms with Gasteiger partial charge >= 0.3 is 0 Å². The molecule has 18 heavy (non-hydrogen) atoms. The first-order valence-corrected chi connectivity index (χ1v) is 6.89. The quantitative estimate of drug-likeness (QED) is 0.765. The van der Waals surface area contributed by atoms with Gasteiger partial charge in [0, 0.05) is 18.2 Å². The molecule has 0 amide bonds. The Labute approximate surface area is 108 Å². The summed E-state index contributed by atoms with van der Waals surface area (Å²) in [6.45, 7) is 6.58. The fourth-order valence-electron chi connectivity index (χ4n) is 3.78. The molecule has 1 saturated carbocycles. The van der Waals surface area contributed by atoms with Crippen LogP contribution in [-0.2, 0) is 0 Å². The van der Waals surface area contributed by atoms with Crippen molar-refractivity contribution in [2.45, 2.75) is 51.6 Å². The molecule has 2 heterocycles. The fraction of sp³-hybridized carbons (Fsp3) is 0.667. The molecule has 1 aromatic rings. The van der Waals surface area contributed by atoms with Gasteiger partial charge in [0.25, 0.3) is 0 Å². The third-order valence-corrected chi connectivity index (χ3v) is 4.70. The van der Waals surface area contributed by atoms with Gasteiger partial charge in [0.05, 0.1) is 5.56 Å². The first-order valence-electron chi connectivity index (χ1n) is 6.89. The average molecular weight is 247 g/mol. The van der Waals surface area contributed by atoms with E-state index in [-0.39, 0.29) is 11.0 Å². The highest BCUT2D eigenvalue weighted by molar-refractivity contribution is 5.34. The topological polar surface area (TPSA) is 42.1 Å². The first kappa shape index (κ1) is 11.8. The number of nitrogens with one attached hydrogen (secondary N) is 1. The summed E-state index contributed by atoms with van der Waals surface area (Å²) in [4.78, 5) is 15.2. The van der Waals surface area contributed by atoms with Crippen LogP contribution in [0.25, 0.3) is 0 Å². The van der Waals surface area contributed by atoms with Gasteiger partial charge in [0.2, 0.25) is 0 Å². The minimum Gasteiger partial charge on any atom is -0.472 e. The fourth-order valence-corrected chi connectivity index (χ4v) is 3.78. The lowest BCUT2D eigenvalue weighted by Crippen LogP contribution is -2.48. The average Bonchev–Trinajstić information content (AvgIpc) is 2.27. The highest BCUT2D eigenvalue weighted by Gasteiger charge is 2.47. The van der Waals surface area contributed by atoms with Crippen LogP contribution < -0.4 is 10.2 Å². The second kappa shape index (κ2) is 3.87. The Bertz CT molecular complexity index is 517. The van der Waals surface area contributed by atoms with Crippen LogP contribution >= 0.6 is 0 Å². The molecule has 3 atom stereocenters. The number of aromatic nitrogens is 1. The molecule has 1 aromatic heterocycles. The molecule has 1 aliphatic heterocycles. The summed E-state index contributed by atoms with van der Waals surface area (Å²) in [6.07, 6.45) is 5.20. The van der Waals surface area contributed by atoms with Crippen LogP contribution in [0.2, 0.25) is 0 Å². The molecular formula is C15H21NO2. The molecule has 0 unspecified atom stereocenters. The second-order valence-electron chi connectivity index (χ2n) is 6.42. The summed E-state index contributed by atoms with van der Waals surface area (Å²) in [5.41, 5.74) is 0.832. The second-order valence-corrected chi connectivity index (χ2v) is 6.42. The number of hydrogen-bond donors (Lipinski definition) is 1. The Morgan fingerprint density at radius 2 is 2.17 bits per heavy atom. The van der Waals surface area contributed by atoms with Gasteiger partial charge < -0.3 is 9.72 Å². The van der Waals surface area contributed by atoms with Crippen molar-refractivity contribution < 1.29 is 4.74 Å². The molecule has 0 spiro atoms. The molecule has 1 fully saturated rings. The number of pyridine rings is 1. The van der Waals surface area contributed by atoms with E-state index in [1.807, 2.05) is 0 Å². The number of hydrogen-bond acceptors (Lipinski definition) is 2. The first-order chi connectivity index (χ1) is 8.49. The molecular weight excluding hydrogens is 226 g/mol. The van der Waals surface area contributed by atoms with Crippen molar-refractivity contribution in [1.29, 1.82) is 0 Å². The Hall–Kier alpha value is -1.25.